The summed E-state index contributed by atoms with van der Waals surface area (Å²) in [6.45, 7) is 2.85. The minimum absolute atomic E-state index is 0.117. The summed E-state index contributed by atoms with van der Waals surface area (Å²) >= 11 is 0. The second-order valence-electron chi connectivity index (χ2n) is 6.50. The van der Waals surface area contributed by atoms with E-state index in [0.29, 0.717) is 5.69 Å². The predicted molar refractivity (Wildman–Crippen MR) is 100 cm³/mol. The van der Waals surface area contributed by atoms with E-state index in [4.69, 9.17) is 0 Å². The van der Waals surface area contributed by atoms with Crippen molar-refractivity contribution in [3.8, 4) is 0 Å². The van der Waals surface area contributed by atoms with Crippen molar-refractivity contribution in [2.24, 2.45) is 0 Å². The average Bonchev–Trinajstić information content (AvgIpc) is 2.92. The van der Waals surface area contributed by atoms with Crippen molar-refractivity contribution in [1.29, 1.82) is 0 Å². The van der Waals surface area contributed by atoms with Gasteiger partial charge in [0.15, 0.2) is 5.82 Å². The molecule has 3 rings (SSSR count). The molecule has 0 saturated heterocycles. The van der Waals surface area contributed by atoms with Gasteiger partial charge < -0.3 is 10.2 Å². The van der Waals surface area contributed by atoms with Crippen LogP contribution in [0.25, 0.3) is 0 Å². The fourth-order valence-electron chi connectivity index (χ4n) is 3.35. The summed E-state index contributed by atoms with van der Waals surface area (Å²) in [5.74, 6) is 0.633. The van der Waals surface area contributed by atoms with Crippen LogP contribution in [0.5, 0.6) is 0 Å². The van der Waals surface area contributed by atoms with E-state index < -0.39 is 0 Å². The van der Waals surface area contributed by atoms with Gasteiger partial charge in [0.1, 0.15) is 5.69 Å². The van der Waals surface area contributed by atoms with Gasteiger partial charge in [-0.15, -0.1) is 0 Å². The zero-order valence-electron chi connectivity index (χ0n) is 14.8. The van der Waals surface area contributed by atoms with E-state index in [2.05, 4.69) is 27.1 Å². The van der Waals surface area contributed by atoms with Crippen molar-refractivity contribution >= 4 is 17.4 Å². The van der Waals surface area contributed by atoms with Crippen LogP contribution in [0.3, 0.4) is 0 Å². The Morgan fingerprint density at radius 2 is 1.80 bits per heavy atom. The molecule has 1 aliphatic rings. The van der Waals surface area contributed by atoms with Crippen LogP contribution in [0.1, 0.15) is 55.9 Å². The average molecular weight is 338 g/mol. The highest BCUT2D eigenvalue weighted by Crippen LogP contribution is 2.22. The van der Waals surface area contributed by atoms with E-state index in [0.717, 1.165) is 30.9 Å². The van der Waals surface area contributed by atoms with Crippen molar-refractivity contribution in [2.75, 3.05) is 11.4 Å². The Hall–Kier alpha value is -2.43. The zero-order valence-corrected chi connectivity index (χ0v) is 14.8. The van der Waals surface area contributed by atoms with E-state index in [1.165, 1.54) is 25.7 Å². The molecule has 0 spiro atoms. The third-order valence-electron chi connectivity index (χ3n) is 4.72. The second-order valence-corrected chi connectivity index (χ2v) is 6.50. The van der Waals surface area contributed by atoms with Crippen LogP contribution in [-0.2, 0) is 0 Å². The van der Waals surface area contributed by atoms with E-state index in [9.17, 15) is 4.79 Å². The summed E-state index contributed by atoms with van der Waals surface area (Å²) in [6, 6.07) is 10.3. The number of para-hydroxylation sites is 1. The Labute approximate surface area is 149 Å². The van der Waals surface area contributed by atoms with Crippen molar-refractivity contribution in [3.05, 3.63) is 48.4 Å². The first kappa shape index (κ1) is 17.4. The molecular weight excluding hydrogens is 312 g/mol. The summed E-state index contributed by atoms with van der Waals surface area (Å²) in [5, 5.41) is 3.11. The van der Waals surface area contributed by atoms with Crippen LogP contribution < -0.4 is 10.2 Å². The van der Waals surface area contributed by atoms with Crippen LogP contribution in [-0.4, -0.2) is 28.5 Å². The lowest BCUT2D eigenvalue weighted by molar-refractivity contribution is 0.0928. The lowest BCUT2D eigenvalue weighted by Crippen LogP contribution is -2.35. The van der Waals surface area contributed by atoms with Gasteiger partial charge in [0, 0.05) is 18.3 Å². The van der Waals surface area contributed by atoms with E-state index >= 15 is 0 Å². The van der Waals surface area contributed by atoms with Crippen LogP contribution in [0.2, 0.25) is 0 Å². The number of rotatable bonds is 5. The number of carbonyl (C=O) groups excluding carboxylic acids is 1. The predicted octanol–water partition coefficient (Wildman–Crippen LogP) is 4.09. The first-order valence-corrected chi connectivity index (χ1v) is 9.23. The molecular formula is C20H26N4O. The first-order chi connectivity index (χ1) is 12.3. The Bertz CT molecular complexity index is 664. The molecule has 1 saturated carbocycles. The number of hydrogen-bond acceptors (Lipinski definition) is 4. The van der Waals surface area contributed by atoms with Gasteiger partial charge in [-0.2, -0.15) is 0 Å². The second kappa shape index (κ2) is 8.60. The number of amides is 1. The van der Waals surface area contributed by atoms with Gasteiger partial charge in [-0.05, 0) is 31.9 Å². The molecule has 0 aliphatic heterocycles. The topological polar surface area (TPSA) is 58.1 Å². The smallest absolute Gasteiger partial charge is 0.271 e. The highest BCUT2D eigenvalue weighted by Gasteiger charge is 2.17. The third-order valence-corrected chi connectivity index (χ3v) is 4.72. The van der Waals surface area contributed by atoms with Crippen LogP contribution >= 0.6 is 0 Å². The number of hydrogen-bond donors (Lipinski definition) is 1. The molecule has 5 heteroatoms. The lowest BCUT2D eigenvalue weighted by Gasteiger charge is -2.21. The monoisotopic (exact) mass is 338 g/mol. The molecule has 1 amide bonds. The molecule has 0 bridgehead atoms. The zero-order chi connectivity index (χ0) is 17.5. The molecule has 1 fully saturated rings. The molecule has 1 aromatic heterocycles. The van der Waals surface area contributed by atoms with Crippen LogP contribution in [0, 0.1) is 0 Å². The summed E-state index contributed by atoms with van der Waals surface area (Å²) in [6.07, 6.45) is 10.3. The van der Waals surface area contributed by atoms with Crippen molar-refractivity contribution in [3.63, 3.8) is 0 Å². The lowest BCUT2D eigenvalue weighted by atomic mass is 10.1. The number of carbonyl (C=O) groups is 1. The Morgan fingerprint density at radius 1 is 1.08 bits per heavy atom. The van der Waals surface area contributed by atoms with Crippen LogP contribution in [0.15, 0.2) is 42.7 Å². The summed E-state index contributed by atoms with van der Waals surface area (Å²) < 4.78 is 0. The van der Waals surface area contributed by atoms with Crippen molar-refractivity contribution < 1.29 is 4.79 Å². The Kier molecular flexibility index (Phi) is 5.99. The molecule has 0 unspecified atom stereocenters. The van der Waals surface area contributed by atoms with Crippen LogP contribution in [0.4, 0.5) is 11.5 Å². The van der Waals surface area contributed by atoms with Gasteiger partial charge in [0.2, 0.25) is 0 Å². The van der Waals surface area contributed by atoms with Gasteiger partial charge in [0.25, 0.3) is 5.91 Å². The Balaban J connectivity index is 1.67. The largest absolute Gasteiger partial charge is 0.348 e. The molecule has 1 N–H and O–H groups in total. The normalized spacial score (nSPS) is 15.4. The van der Waals surface area contributed by atoms with Gasteiger partial charge in [-0.1, -0.05) is 43.9 Å². The van der Waals surface area contributed by atoms with Gasteiger partial charge in [0.05, 0.1) is 12.4 Å². The number of nitrogens with one attached hydrogen (secondary N) is 1. The number of benzene rings is 1. The molecule has 1 aliphatic carbocycles. The fourth-order valence-corrected chi connectivity index (χ4v) is 3.35. The highest BCUT2D eigenvalue weighted by atomic mass is 16.1. The standard InChI is InChI=1S/C20H26N4O/c1-2-24(17-12-8-5-9-13-17)19-15-21-18(14-22-19)20(25)23-16-10-6-3-4-7-11-16/h5,8-9,12-16H,2-4,6-7,10-11H2,1H3,(H,23,25). The number of anilines is 2. The van der Waals surface area contributed by atoms with Crippen molar-refractivity contribution in [2.45, 2.75) is 51.5 Å². The minimum Gasteiger partial charge on any atom is -0.348 e. The molecule has 2 aromatic rings. The number of nitrogens with zero attached hydrogens (tertiary/aromatic N) is 3. The van der Waals surface area contributed by atoms with E-state index in [-0.39, 0.29) is 11.9 Å². The molecule has 0 radical (unpaired) electrons. The maximum atomic E-state index is 12.4. The molecule has 1 aromatic carbocycles. The van der Waals surface area contributed by atoms with Gasteiger partial charge >= 0.3 is 0 Å². The molecule has 0 atom stereocenters. The number of aromatic nitrogens is 2. The van der Waals surface area contributed by atoms with E-state index in [1.807, 2.05) is 30.3 Å². The van der Waals surface area contributed by atoms with Gasteiger partial charge in [-0.25, -0.2) is 9.97 Å². The molecule has 25 heavy (non-hydrogen) atoms. The first-order valence-electron chi connectivity index (χ1n) is 9.23. The summed E-state index contributed by atoms with van der Waals surface area (Å²) in [5.41, 5.74) is 1.45. The minimum atomic E-state index is -0.117. The molecule has 132 valence electrons. The quantitative estimate of drug-likeness (QED) is 0.834. The fraction of sp³-hybridized carbons (Fsp3) is 0.450. The molecule has 5 nitrogen and oxygen atoms in total. The maximum absolute atomic E-state index is 12.4. The highest BCUT2D eigenvalue weighted by molar-refractivity contribution is 5.92. The van der Waals surface area contributed by atoms with Crippen molar-refractivity contribution in [1.82, 2.24) is 15.3 Å². The Morgan fingerprint density at radius 3 is 2.40 bits per heavy atom. The maximum Gasteiger partial charge on any atom is 0.271 e. The van der Waals surface area contributed by atoms with Gasteiger partial charge in [-0.3, -0.25) is 4.79 Å². The summed E-state index contributed by atoms with van der Waals surface area (Å²) in [7, 11) is 0. The third kappa shape index (κ3) is 4.56. The SMILES string of the molecule is CCN(c1ccccc1)c1cnc(C(=O)NC2CCCCCC2)cn1. The van der Waals surface area contributed by atoms with E-state index in [1.54, 1.807) is 12.4 Å². The molecule has 1 heterocycles. The summed E-state index contributed by atoms with van der Waals surface area (Å²) in [4.78, 5) is 23.3.